The first kappa shape index (κ1) is 17.2. The largest absolute Gasteiger partial charge is 0.445 e. The second-order valence-electron chi connectivity index (χ2n) is 6.47. The van der Waals surface area contributed by atoms with Crippen LogP contribution in [-0.4, -0.2) is 21.6 Å². The molecule has 140 valence electrons. The van der Waals surface area contributed by atoms with Gasteiger partial charge in [0, 0.05) is 48.5 Å². The summed E-state index contributed by atoms with van der Waals surface area (Å²) in [6, 6.07) is 4.63. The lowest BCUT2D eigenvalue weighted by atomic mass is 9.81. The van der Waals surface area contributed by atoms with Gasteiger partial charge in [-0.2, -0.15) is 0 Å². The van der Waals surface area contributed by atoms with Gasteiger partial charge in [-0.3, -0.25) is 0 Å². The first-order valence-electron chi connectivity index (χ1n) is 8.19. The van der Waals surface area contributed by atoms with Gasteiger partial charge in [0.15, 0.2) is 11.6 Å². The molecule has 1 aromatic carbocycles. The van der Waals surface area contributed by atoms with Gasteiger partial charge in [-0.15, -0.1) is 0 Å². The van der Waals surface area contributed by atoms with Crippen LogP contribution in [0.5, 0.6) is 0 Å². The number of nitrogens with two attached hydrogens (primary N) is 2. The fourth-order valence-corrected chi connectivity index (χ4v) is 3.62. The van der Waals surface area contributed by atoms with E-state index in [9.17, 15) is 18.0 Å². The molecule has 1 amide bonds. The molecule has 2 aromatic heterocycles. The molecule has 4 rings (SSSR count). The lowest BCUT2D eigenvalue weighted by Gasteiger charge is -2.31. The minimum atomic E-state index is -1.29. The van der Waals surface area contributed by atoms with Gasteiger partial charge in [0.2, 0.25) is 0 Å². The van der Waals surface area contributed by atoms with E-state index in [1.807, 2.05) is 0 Å². The van der Waals surface area contributed by atoms with Gasteiger partial charge in [-0.25, -0.2) is 22.9 Å². The Hall–Kier alpha value is -3.23. The quantitative estimate of drug-likeness (QED) is 0.672. The molecule has 4 N–H and O–H groups in total. The maximum absolute atomic E-state index is 14.3. The Balaban J connectivity index is 1.83. The molecule has 2 heterocycles. The highest BCUT2D eigenvalue weighted by Crippen LogP contribution is 2.37. The predicted molar refractivity (Wildman–Crippen MR) is 90.5 cm³/mol. The van der Waals surface area contributed by atoms with Crippen molar-refractivity contribution in [3.8, 4) is 0 Å². The van der Waals surface area contributed by atoms with E-state index in [0.29, 0.717) is 23.1 Å². The predicted octanol–water partition coefficient (Wildman–Crippen LogP) is 2.68. The van der Waals surface area contributed by atoms with Crippen molar-refractivity contribution in [1.29, 1.82) is 0 Å². The van der Waals surface area contributed by atoms with Crippen molar-refractivity contribution in [2.75, 3.05) is 5.73 Å². The molecule has 1 aliphatic carbocycles. The second-order valence-corrected chi connectivity index (χ2v) is 6.47. The molecule has 6 nitrogen and oxygen atoms in total. The van der Waals surface area contributed by atoms with Gasteiger partial charge >= 0.3 is 6.09 Å². The Kier molecular flexibility index (Phi) is 3.94. The lowest BCUT2D eigenvalue weighted by molar-refractivity contribution is 0.0828. The lowest BCUT2D eigenvalue weighted by Crippen LogP contribution is -2.35. The highest BCUT2D eigenvalue weighted by molar-refractivity contribution is 5.65. The molecule has 3 aromatic rings. The van der Waals surface area contributed by atoms with Crippen molar-refractivity contribution in [3.63, 3.8) is 0 Å². The monoisotopic (exact) mass is 376 g/mol. The van der Waals surface area contributed by atoms with E-state index in [2.05, 4.69) is 4.98 Å². The maximum Gasteiger partial charge on any atom is 0.404 e. The Morgan fingerprint density at radius 1 is 1.15 bits per heavy atom. The van der Waals surface area contributed by atoms with Crippen LogP contribution in [0.4, 0.5) is 23.7 Å². The summed E-state index contributed by atoms with van der Waals surface area (Å²) in [6.45, 7) is 0. The number of carbonyl (C=O) groups excluding carboxylic acids is 1. The summed E-state index contributed by atoms with van der Waals surface area (Å²) in [6.07, 6.45) is 0.195. The summed E-state index contributed by atoms with van der Waals surface area (Å²) in [5.41, 5.74) is 13.3. The third-order valence-corrected chi connectivity index (χ3v) is 4.80. The number of anilines is 1. The molecule has 0 saturated heterocycles. The molecule has 27 heavy (non-hydrogen) atoms. The Morgan fingerprint density at radius 3 is 2.63 bits per heavy atom. The number of carbonyl (C=O) groups is 1. The third-order valence-electron chi connectivity index (χ3n) is 4.80. The number of hydrogen-bond acceptors (Lipinski definition) is 4. The highest BCUT2D eigenvalue weighted by atomic mass is 19.2. The van der Waals surface area contributed by atoms with Gasteiger partial charge in [0.05, 0.1) is 5.69 Å². The fourth-order valence-electron chi connectivity index (χ4n) is 3.62. The van der Waals surface area contributed by atoms with Gasteiger partial charge in [-0.05, 0) is 17.7 Å². The van der Waals surface area contributed by atoms with Crippen LogP contribution in [0.25, 0.3) is 5.65 Å². The van der Waals surface area contributed by atoms with Crippen molar-refractivity contribution >= 4 is 17.4 Å². The summed E-state index contributed by atoms with van der Waals surface area (Å²) in [7, 11) is 0. The molecule has 1 aliphatic rings. The van der Waals surface area contributed by atoms with Crippen LogP contribution in [0, 0.1) is 17.5 Å². The number of ether oxygens (including phenoxy) is 1. The van der Waals surface area contributed by atoms with Crippen LogP contribution in [0.3, 0.4) is 0 Å². The van der Waals surface area contributed by atoms with E-state index in [4.69, 9.17) is 16.2 Å². The Bertz CT molecular complexity index is 1070. The summed E-state index contributed by atoms with van der Waals surface area (Å²) < 4.78 is 48.3. The summed E-state index contributed by atoms with van der Waals surface area (Å²) in [5.74, 6) is -4.16. The van der Waals surface area contributed by atoms with E-state index in [1.165, 1.54) is 0 Å². The van der Waals surface area contributed by atoms with Crippen LogP contribution in [0.2, 0.25) is 0 Å². The number of fused-ring (bicyclic) bond motifs is 3. The number of hydrogen-bond donors (Lipinski definition) is 2. The molecule has 0 radical (unpaired) electrons. The zero-order valence-electron chi connectivity index (χ0n) is 14.0. The number of aromatic nitrogens is 2. The van der Waals surface area contributed by atoms with E-state index < -0.39 is 35.6 Å². The third kappa shape index (κ3) is 2.94. The van der Waals surface area contributed by atoms with Crippen molar-refractivity contribution in [2.45, 2.75) is 24.9 Å². The molecule has 0 spiro atoms. The number of nitrogens with zero attached hydrogens (tertiary/aromatic N) is 2. The number of benzene rings is 1. The summed E-state index contributed by atoms with van der Waals surface area (Å²) >= 11 is 0. The second kappa shape index (κ2) is 6.19. The van der Waals surface area contributed by atoms with Gasteiger partial charge < -0.3 is 20.6 Å². The van der Waals surface area contributed by atoms with Gasteiger partial charge in [-0.1, -0.05) is 0 Å². The molecule has 0 saturated carbocycles. The SMILES string of the molecule is NC(=O)O[C@@H]1Cc2c(nc3cc(N)ccn23)C[C@@H]1c1cc(F)c(F)cc1F. The normalized spacial score (nSPS) is 19.1. The topological polar surface area (TPSA) is 95.6 Å². The first-order chi connectivity index (χ1) is 12.8. The number of pyridine rings is 1. The van der Waals surface area contributed by atoms with Crippen molar-refractivity contribution in [3.05, 3.63) is 64.9 Å². The van der Waals surface area contributed by atoms with Crippen molar-refractivity contribution in [1.82, 2.24) is 9.38 Å². The Morgan fingerprint density at radius 2 is 1.89 bits per heavy atom. The van der Waals surface area contributed by atoms with Crippen LogP contribution in [0.15, 0.2) is 30.5 Å². The molecule has 0 unspecified atom stereocenters. The molecule has 0 aliphatic heterocycles. The number of imidazole rings is 1. The number of primary amides is 1. The average molecular weight is 376 g/mol. The summed E-state index contributed by atoms with van der Waals surface area (Å²) in [4.78, 5) is 15.8. The first-order valence-corrected chi connectivity index (χ1v) is 8.19. The highest BCUT2D eigenvalue weighted by Gasteiger charge is 2.37. The molecule has 0 fully saturated rings. The van der Waals surface area contributed by atoms with Crippen molar-refractivity contribution in [2.24, 2.45) is 5.73 Å². The molecular formula is C18H15F3N4O2. The van der Waals surface area contributed by atoms with Crippen LogP contribution in [-0.2, 0) is 17.6 Å². The number of nitrogen functional groups attached to an aromatic ring is 1. The molecule has 9 heteroatoms. The minimum absolute atomic E-state index is 0.0950. The van der Waals surface area contributed by atoms with Crippen LogP contribution < -0.4 is 11.5 Å². The fraction of sp³-hybridized carbons (Fsp3) is 0.222. The van der Waals surface area contributed by atoms with Gasteiger partial charge in [0.25, 0.3) is 0 Å². The zero-order chi connectivity index (χ0) is 19.3. The number of rotatable bonds is 2. The number of amides is 1. The maximum atomic E-state index is 14.3. The van der Waals surface area contributed by atoms with Crippen LogP contribution in [0.1, 0.15) is 22.9 Å². The zero-order valence-corrected chi connectivity index (χ0v) is 14.0. The molecule has 0 bridgehead atoms. The smallest absolute Gasteiger partial charge is 0.404 e. The van der Waals surface area contributed by atoms with E-state index in [1.54, 1.807) is 22.7 Å². The summed E-state index contributed by atoms with van der Waals surface area (Å²) in [5, 5.41) is 0. The Labute approximate surface area is 151 Å². The molecular weight excluding hydrogens is 361 g/mol. The van der Waals surface area contributed by atoms with E-state index in [-0.39, 0.29) is 18.4 Å². The van der Waals surface area contributed by atoms with Crippen molar-refractivity contribution < 1.29 is 22.7 Å². The van der Waals surface area contributed by atoms with Crippen LogP contribution >= 0.6 is 0 Å². The number of halogens is 3. The average Bonchev–Trinajstić information content (AvgIpc) is 2.93. The standard InChI is InChI=1S/C18H15F3N4O2/c19-11-6-13(21)12(20)4-9(11)10-5-14-15(7-16(10)27-18(23)26)25-2-1-8(22)3-17(25)24-14/h1-4,6,10,16H,5,7,22H2,(H2,23,26)/t10-,16-/m1/s1. The van der Waals surface area contributed by atoms with E-state index in [0.717, 1.165) is 11.8 Å². The van der Waals surface area contributed by atoms with E-state index >= 15 is 0 Å². The van der Waals surface area contributed by atoms with Gasteiger partial charge in [0.1, 0.15) is 17.6 Å². The molecule has 2 atom stereocenters. The minimum Gasteiger partial charge on any atom is -0.445 e.